The van der Waals surface area contributed by atoms with Crippen molar-refractivity contribution in [2.24, 2.45) is 0 Å². The molecule has 2 aromatic carbocycles. The Hall–Kier alpha value is -2.95. The third kappa shape index (κ3) is 3.13. The molecule has 0 saturated heterocycles. The Kier molecular flexibility index (Phi) is 4.19. The van der Waals surface area contributed by atoms with Crippen molar-refractivity contribution in [3.05, 3.63) is 59.8 Å². The number of H-pyrrole nitrogens is 1. The third-order valence-electron chi connectivity index (χ3n) is 3.75. The highest BCUT2D eigenvalue weighted by atomic mass is 16.5. The van der Waals surface area contributed by atoms with E-state index in [1.807, 2.05) is 6.07 Å². The van der Waals surface area contributed by atoms with Crippen LogP contribution in [0.4, 0.5) is 0 Å². The number of Topliss-reactive ketones (excluding diaryl/α,β-unsaturated/α-hetero) is 2. The first-order valence-electron chi connectivity index (χ1n) is 7.31. The molecule has 0 radical (unpaired) electrons. The summed E-state index contributed by atoms with van der Waals surface area (Å²) < 4.78 is 5.18. The van der Waals surface area contributed by atoms with Gasteiger partial charge in [0.05, 0.1) is 24.4 Å². The second-order valence-corrected chi connectivity index (χ2v) is 5.22. The van der Waals surface area contributed by atoms with Gasteiger partial charge in [-0.15, -0.1) is 0 Å². The lowest BCUT2D eigenvalue weighted by Gasteiger charge is -2.07. The first kappa shape index (κ1) is 15.0. The van der Waals surface area contributed by atoms with E-state index in [1.54, 1.807) is 42.6 Å². The highest BCUT2D eigenvalue weighted by Gasteiger charge is 2.14. The number of ether oxygens (including phenoxy) is 1. The van der Waals surface area contributed by atoms with Crippen molar-refractivity contribution in [2.45, 2.75) is 12.8 Å². The number of para-hydroxylation sites is 1. The van der Waals surface area contributed by atoms with Gasteiger partial charge in [-0.25, -0.2) is 0 Å². The summed E-state index contributed by atoms with van der Waals surface area (Å²) in [7, 11) is 1.53. The van der Waals surface area contributed by atoms with Gasteiger partial charge in [-0.2, -0.15) is 5.10 Å². The Bertz CT molecular complexity index is 867. The number of fused-ring (bicyclic) bond motifs is 1. The predicted molar refractivity (Wildman–Crippen MR) is 87.0 cm³/mol. The first-order chi connectivity index (χ1) is 11.2. The van der Waals surface area contributed by atoms with Crippen molar-refractivity contribution in [3.8, 4) is 5.75 Å². The van der Waals surface area contributed by atoms with Crippen LogP contribution in [-0.2, 0) is 0 Å². The van der Waals surface area contributed by atoms with Crippen LogP contribution in [0.25, 0.3) is 10.9 Å². The van der Waals surface area contributed by atoms with Crippen molar-refractivity contribution in [2.75, 3.05) is 7.11 Å². The fraction of sp³-hybridized carbons (Fsp3) is 0.167. The Labute approximate surface area is 133 Å². The van der Waals surface area contributed by atoms with Gasteiger partial charge in [-0.05, 0) is 30.3 Å². The number of carbonyl (C=O) groups excluding carboxylic acids is 2. The minimum Gasteiger partial charge on any atom is -0.496 e. The molecule has 0 atom stereocenters. The molecule has 3 rings (SSSR count). The third-order valence-corrected chi connectivity index (χ3v) is 3.75. The van der Waals surface area contributed by atoms with E-state index in [1.165, 1.54) is 7.11 Å². The summed E-state index contributed by atoms with van der Waals surface area (Å²) >= 11 is 0. The summed E-state index contributed by atoms with van der Waals surface area (Å²) in [6.45, 7) is 0. The van der Waals surface area contributed by atoms with E-state index in [-0.39, 0.29) is 24.4 Å². The topological polar surface area (TPSA) is 72.1 Å². The number of benzene rings is 2. The Morgan fingerprint density at radius 1 is 1.09 bits per heavy atom. The lowest BCUT2D eigenvalue weighted by Crippen LogP contribution is -2.06. The minimum atomic E-state index is -0.0970. The zero-order valence-corrected chi connectivity index (χ0v) is 12.7. The Morgan fingerprint density at radius 3 is 2.70 bits per heavy atom. The quantitative estimate of drug-likeness (QED) is 0.708. The van der Waals surface area contributed by atoms with Crippen molar-refractivity contribution in [1.29, 1.82) is 0 Å². The van der Waals surface area contributed by atoms with E-state index in [4.69, 9.17) is 4.74 Å². The van der Waals surface area contributed by atoms with Crippen LogP contribution in [0.3, 0.4) is 0 Å². The van der Waals surface area contributed by atoms with Crippen LogP contribution in [0.1, 0.15) is 33.6 Å². The van der Waals surface area contributed by atoms with Crippen molar-refractivity contribution in [3.63, 3.8) is 0 Å². The highest BCUT2D eigenvalue weighted by molar-refractivity contribution is 6.04. The summed E-state index contributed by atoms with van der Waals surface area (Å²) in [6, 6.07) is 12.4. The van der Waals surface area contributed by atoms with Gasteiger partial charge in [0.2, 0.25) is 0 Å². The first-order valence-corrected chi connectivity index (χ1v) is 7.31. The van der Waals surface area contributed by atoms with Crippen LogP contribution in [0.15, 0.2) is 48.7 Å². The number of methoxy groups -OCH3 is 1. The van der Waals surface area contributed by atoms with E-state index < -0.39 is 0 Å². The Balaban J connectivity index is 1.69. The van der Waals surface area contributed by atoms with Crippen LogP contribution in [-0.4, -0.2) is 28.9 Å². The van der Waals surface area contributed by atoms with Crippen molar-refractivity contribution < 1.29 is 14.3 Å². The smallest absolute Gasteiger partial charge is 0.167 e. The zero-order valence-electron chi connectivity index (χ0n) is 12.7. The van der Waals surface area contributed by atoms with Gasteiger partial charge in [-0.1, -0.05) is 12.1 Å². The van der Waals surface area contributed by atoms with E-state index in [9.17, 15) is 9.59 Å². The molecule has 0 aliphatic carbocycles. The number of nitrogens with one attached hydrogen (secondary N) is 1. The maximum Gasteiger partial charge on any atom is 0.167 e. The summed E-state index contributed by atoms with van der Waals surface area (Å²) in [6.07, 6.45) is 2.00. The minimum absolute atomic E-state index is 0.0589. The lowest BCUT2D eigenvalue weighted by molar-refractivity contribution is 0.0916. The number of nitrogens with zero attached hydrogens (tertiary/aromatic N) is 1. The van der Waals surface area contributed by atoms with Gasteiger partial charge in [-0.3, -0.25) is 14.7 Å². The summed E-state index contributed by atoms with van der Waals surface area (Å²) in [5, 5.41) is 7.65. The van der Waals surface area contributed by atoms with E-state index in [0.29, 0.717) is 16.9 Å². The molecule has 1 N–H and O–H groups in total. The standard InChI is InChI=1S/C18H16N2O3/c1-23-18-5-3-2-4-14(18)17(22)9-8-16(21)12-6-7-15-13(10-12)11-19-20-15/h2-7,10-11H,8-9H2,1H3,(H,19,20). The number of rotatable bonds is 6. The van der Waals surface area contributed by atoms with Gasteiger partial charge >= 0.3 is 0 Å². The SMILES string of the molecule is COc1ccccc1C(=O)CCC(=O)c1ccc2[nH]ncc2c1. The molecule has 116 valence electrons. The fourth-order valence-corrected chi connectivity index (χ4v) is 2.50. The molecule has 1 heterocycles. The van der Waals surface area contributed by atoms with E-state index >= 15 is 0 Å². The normalized spacial score (nSPS) is 10.7. The second kappa shape index (κ2) is 6.44. The van der Waals surface area contributed by atoms with Gasteiger partial charge < -0.3 is 4.74 Å². The van der Waals surface area contributed by atoms with Gasteiger partial charge in [0.1, 0.15) is 5.75 Å². The second-order valence-electron chi connectivity index (χ2n) is 5.22. The molecule has 0 saturated carbocycles. The zero-order chi connectivity index (χ0) is 16.2. The molecule has 0 aliphatic heterocycles. The molecule has 0 aliphatic rings. The van der Waals surface area contributed by atoms with Gasteiger partial charge in [0.15, 0.2) is 11.6 Å². The summed E-state index contributed by atoms with van der Waals surface area (Å²) in [5.41, 5.74) is 1.98. The Morgan fingerprint density at radius 2 is 1.87 bits per heavy atom. The van der Waals surface area contributed by atoms with Crippen molar-refractivity contribution in [1.82, 2.24) is 10.2 Å². The lowest BCUT2D eigenvalue weighted by atomic mass is 10.0. The monoisotopic (exact) mass is 308 g/mol. The van der Waals surface area contributed by atoms with Crippen molar-refractivity contribution >= 4 is 22.5 Å². The van der Waals surface area contributed by atoms with Crippen LogP contribution in [0, 0.1) is 0 Å². The average molecular weight is 308 g/mol. The molecule has 1 aromatic heterocycles. The summed E-state index contributed by atoms with van der Waals surface area (Å²) in [4.78, 5) is 24.6. The number of ketones is 2. The average Bonchev–Trinajstić information content (AvgIpc) is 3.06. The predicted octanol–water partition coefficient (Wildman–Crippen LogP) is 3.42. The highest BCUT2D eigenvalue weighted by Crippen LogP contribution is 2.20. The number of carbonyl (C=O) groups is 2. The summed E-state index contributed by atoms with van der Waals surface area (Å²) in [5.74, 6) is 0.376. The van der Waals surface area contributed by atoms with Gasteiger partial charge in [0.25, 0.3) is 0 Å². The molecule has 3 aromatic rings. The molecule has 0 amide bonds. The molecule has 5 nitrogen and oxygen atoms in total. The maximum atomic E-state index is 12.3. The number of hydrogen-bond donors (Lipinski definition) is 1. The van der Waals surface area contributed by atoms with E-state index in [0.717, 1.165) is 10.9 Å². The van der Waals surface area contributed by atoms with Crippen LogP contribution >= 0.6 is 0 Å². The molecule has 23 heavy (non-hydrogen) atoms. The van der Waals surface area contributed by atoms with Crippen LogP contribution in [0.5, 0.6) is 5.75 Å². The number of hydrogen-bond acceptors (Lipinski definition) is 4. The van der Waals surface area contributed by atoms with Crippen LogP contribution in [0.2, 0.25) is 0 Å². The molecule has 5 heteroatoms. The molecule has 0 bridgehead atoms. The number of aromatic amines is 1. The van der Waals surface area contributed by atoms with Crippen LogP contribution < -0.4 is 4.74 Å². The molecule has 0 unspecified atom stereocenters. The van der Waals surface area contributed by atoms with Gasteiger partial charge in [0, 0.05) is 23.8 Å². The molecular formula is C18H16N2O3. The largest absolute Gasteiger partial charge is 0.496 e. The maximum absolute atomic E-state index is 12.3. The molecular weight excluding hydrogens is 292 g/mol. The fourth-order valence-electron chi connectivity index (χ4n) is 2.50. The molecule has 0 fully saturated rings. The number of aromatic nitrogens is 2. The molecule has 0 spiro atoms. The van der Waals surface area contributed by atoms with E-state index in [2.05, 4.69) is 10.2 Å².